The standard InChI is InChI=1S/C5H7NP2.Lu/c7-6-8-5-3-1-2-4-5;/h1-3H,4,7H2;. The van der Waals surface area contributed by atoms with Crippen LogP contribution in [0.3, 0.4) is 0 Å². The monoisotopic (exact) mass is 318 g/mol. The summed E-state index contributed by atoms with van der Waals surface area (Å²) in [6.07, 6.45) is 7.39. The average molecular weight is 318 g/mol. The molecule has 0 N–H and O–H groups in total. The first kappa shape index (κ1) is 10.2. The van der Waals surface area contributed by atoms with E-state index < -0.39 is 0 Å². The third kappa shape index (κ3) is 3.84. The maximum atomic E-state index is 3.90. The molecule has 0 aromatic carbocycles. The number of hydrogen-bond acceptors (Lipinski definition) is 1. The van der Waals surface area contributed by atoms with E-state index in [-0.39, 0.29) is 36.9 Å². The smallest absolute Gasteiger partial charge is 0.0390 e. The van der Waals surface area contributed by atoms with E-state index in [1.54, 1.807) is 0 Å². The van der Waals surface area contributed by atoms with Gasteiger partial charge in [-0.1, -0.05) is 18.2 Å². The molecule has 0 aromatic rings. The van der Waals surface area contributed by atoms with Crippen LogP contribution in [-0.2, 0) is 0 Å². The molecule has 0 bridgehead atoms. The van der Waals surface area contributed by atoms with Gasteiger partial charge in [-0.2, -0.15) is 0 Å². The van der Waals surface area contributed by atoms with Crippen molar-refractivity contribution >= 4 is 17.8 Å². The number of rotatable bonds is 1. The molecule has 9 heavy (non-hydrogen) atoms. The molecule has 57 valence electrons. The van der Waals surface area contributed by atoms with Gasteiger partial charge in [0.05, 0.1) is 0 Å². The van der Waals surface area contributed by atoms with Gasteiger partial charge in [0.2, 0.25) is 0 Å². The minimum atomic E-state index is 0. The van der Waals surface area contributed by atoms with Gasteiger partial charge in [0, 0.05) is 50.6 Å². The summed E-state index contributed by atoms with van der Waals surface area (Å²) in [5.74, 6) is 0. The second kappa shape index (κ2) is 5.99. The van der Waals surface area contributed by atoms with Crippen molar-refractivity contribution in [3.05, 3.63) is 23.5 Å². The van der Waals surface area contributed by atoms with E-state index in [0.29, 0.717) is 0 Å². The summed E-state index contributed by atoms with van der Waals surface area (Å²) in [5, 5.41) is 1.38. The Bertz CT molecular complexity index is 162. The summed E-state index contributed by atoms with van der Waals surface area (Å²) in [5.41, 5.74) is 0. The van der Waals surface area contributed by atoms with E-state index >= 15 is 0 Å². The van der Waals surface area contributed by atoms with Crippen LogP contribution in [0.5, 0.6) is 0 Å². The van der Waals surface area contributed by atoms with Crippen molar-refractivity contribution in [2.75, 3.05) is 0 Å². The van der Waals surface area contributed by atoms with Gasteiger partial charge < -0.3 is 0 Å². The second-order valence-electron chi connectivity index (χ2n) is 1.51. The maximum Gasteiger partial charge on any atom is 0.0390 e. The van der Waals surface area contributed by atoms with Crippen LogP contribution in [0.2, 0.25) is 0 Å². The molecule has 0 aromatic heterocycles. The van der Waals surface area contributed by atoms with Crippen molar-refractivity contribution in [3.63, 3.8) is 0 Å². The molecule has 1 nitrogen and oxygen atoms in total. The van der Waals surface area contributed by atoms with Crippen molar-refractivity contribution < 1.29 is 36.9 Å². The molecule has 0 aliphatic heterocycles. The molecule has 4 heteroatoms. The fourth-order valence-electron chi connectivity index (χ4n) is 0.584. The van der Waals surface area contributed by atoms with Gasteiger partial charge in [0.1, 0.15) is 0 Å². The molecule has 1 rings (SSSR count). The van der Waals surface area contributed by atoms with Crippen LogP contribution in [0.25, 0.3) is 0 Å². The fraction of sp³-hybridized carbons (Fsp3) is 0.200. The van der Waals surface area contributed by atoms with Gasteiger partial charge in [-0.05, 0) is 15.8 Å². The van der Waals surface area contributed by atoms with Gasteiger partial charge in [-0.3, -0.25) is 0 Å². The molecule has 0 saturated heterocycles. The normalized spacial score (nSPS) is 15.9. The first-order valence-electron chi connectivity index (χ1n) is 2.40. The SMILES string of the molecule is PN=PC1=CC=CC1.[Lu]. The van der Waals surface area contributed by atoms with Crippen LogP contribution in [0.4, 0.5) is 0 Å². The van der Waals surface area contributed by atoms with Crippen LogP contribution in [0, 0.1) is 36.9 Å². The predicted molar refractivity (Wildman–Crippen MR) is 40.9 cm³/mol. The molecule has 0 spiro atoms. The molecule has 0 fully saturated rings. The van der Waals surface area contributed by atoms with Crippen LogP contribution >= 0.6 is 17.8 Å². The first-order chi connectivity index (χ1) is 3.93. The molecular weight excluding hydrogens is 311 g/mol. The van der Waals surface area contributed by atoms with E-state index in [1.165, 1.54) is 5.31 Å². The van der Waals surface area contributed by atoms with Gasteiger partial charge >= 0.3 is 0 Å². The minimum absolute atomic E-state index is 0. The van der Waals surface area contributed by atoms with Gasteiger partial charge in [-0.15, -0.1) is 0 Å². The van der Waals surface area contributed by atoms with Crippen molar-refractivity contribution in [3.8, 4) is 0 Å². The third-order valence-electron chi connectivity index (χ3n) is 0.938. The number of allylic oxidation sites excluding steroid dienone is 4. The summed E-state index contributed by atoms with van der Waals surface area (Å²) >= 11 is 0. The molecule has 0 amide bonds. The van der Waals surface area contributed by atoms with E-state index in [1.807, 2.05) is 0 Å². The fourth-order valence-corrected chi connectivity index (χ4v) is 1.52. The maximum absolute atomic E-state index is 3.90. The van der Waals surface area contributed by atoms with Gasteiger partial charge in [0.25, 0.3) is 0 Å². The first-order valence-corrected chi connectivity index (χ1v) is 3.76. The quantitative estimate of drug-likeness (QED) is 0.659. The van der Waals surface area contributed by atoms with E-state index in [2.05, 4.69) is 32.1 Å². The number of hydrogen-bond donors (Lipinski definition) is 0. The number of nitrogens with zero attached hydrogens (tertiary/aromatic N) is 1. The van der Waals surface area contributed by atoms with Crippen LogP contribution in [0.1, 0.15) is 6.42 Å². The zero-order valence-corrected chi connectivity index (χ0v) is 8.37. The van der Waals surface area contributed by atoms with Crippen molar-refractivity contribution in [1.29, 1.82) is 0 Å². The predicted octanol–water partition coefficient (Wildman–Crippen LogP) is 2.75. The Morgan fingerprint density at radius 3 is 2.89 bits per heavy atom. The molecule has 0 saturated carbocycles. The van der Waals surface area contributed by atoms with Gasteiger partial charge in [0.15, 0.2) is 0 Å². The van der Waals surface area contributed by atoms with E-state index in [9.17, 15) is 0 Å². The van der Waals surface area contributed by atoms with Crippen LogP contribution in [-0.4, -0.2) is 0 Å². The Balaban J connectivity index is 0.000000640. The zero-order valence-electron chi connectivity index (χ0n) is 4.67. The van der Waals surface area contributed by atoms with Crippen LogP contribution in [0.15, 0.2) is 28.1 Å². The molecule has 1 aliphatic carbocycles. The largest absolute Gasteiger partial charge is 0.247 e. The molecule has 0 heterocycles. The molecule has 1 unspecified atom stereocenters. The Morgan fingerprint density at radius 1 is 1.67 bits per heavy atom. The molecular formula is C5H7LuNP2. The topological polar surface area (TPSA) is 12.4 Å². The van der Waals surface area contributed by atoms with Crippen molar-refractivity contribution in [2.24, 2.45) is 4.52 Å². The summed E-state index contributed by atoms with van der Waals surface area (Å²) in [7, 11) is 3.44. The molecule has 1 aliphatic rings. The van der Waals surface area contributed by atoms with Crippen molar-refractivity contribution in [1.82, 2.24) is 0 Å². The third-order valence-corrected chi connectivity index (χ3v) is 1.99. The Morgan fingerprint density at radius 2 is 2.44 bits per heavy atom. The average Bonchev–Trinajstić information content (AvgIpc) is 2.19. The Kier molecular flexibility index (Phi) is 6.81. The summed E-state index contributed by atoms with van der Waals surface area (Å²) in [6.45, 7) is 0. The summed E-state index contributed by atoms with van der Waals surface area (Å²) < 4.78 is 3.90. The summed E-state index contributed by atoms with van der Waals surface area (Å²) in [6, 6.07) is 0. The van der Waals surface area contributed by atoms with Crippen molar-refractivity contribution in [2.45, 2.75) is 6.42 Å². The van der Waals surface area contributed by atoms with Gasteiger partial charge in [-0.25, -0.2) is 4.52 Å². The van der Waals surface area contributed by atoms with E-state index in [4.69, 9.17) is 0 Å². The van der Waals surface area contributed by atoms with E-state index in [0.717, 1.165) is 14.8 Å². The molecule has 1 radical (unpaired) electrons. The second-order valence-corrected chi connectivity index (χ2v) is 3.20. The Hall–Kier alpha value is 1.24. The zero-order chi connectivity index (χ0) is 5.82. The minimum Gasteiger partial charge on any atom is -0.247 e. The Labute approximate surface area is 88.3 Å². The summed E-state index contributed by atoms with van der Waals surface area (Å²) in [4.78, 5) is 0. The molecule has 1 atom stereocenters. The van der Waals surface area contributed by atoms with Crippen LogP contribution < -0.4 is 0 Å².